The van der Waals surface area contributed by atoms with E-state index in [1.807, 2.05) is 5.32 Å². The summed E-state index contributed by atoms with van der Waals surface area (Å²) in [6, 6.07) is -0.990. The molecule has 3 N–H and O–H groups in total. The van der Waals surface area contributed by atoms with Crippen LogP contribution in [0.5, 0.6) is 0 Å². The molecule has 15 heavy (non-hydrogen) atoms. The van der Waals surface area contributed by atoms with Crippen LogP contribution in [0.15, 0.2) is 0 Å². The molecule has 0 aromatic carbocycles. The molecule has 0 saturated heterocycles. The molecule has 0 aromatic rings. The van der Waals surface area contributed by atoms with Crippen molar-refractivity contribution < 1.29 is 24.3 Å². The number of hydrogen-bond acceptors (Lipinski definition) is 5. The summed E-state index contributed by atoms with van der Waals surface area (Å²) >= 11 is 0. The topological polar surface area (TPSA) is 105 Å². The third-order valence-electron chi connectivity index (χ3n) is 1.44. The first-order valence-electron chi connectivity index (χ1n) is 4.49. The van der Waals surface area contributed by atoms with Crippen molar-refractivity contribution in [2.45, 2.75) is 26.2 Å². The summed E-state index contributed by atoms with van der Waals surface area (Å²) in [6.07, 6.45) is 0.442. The number of amides is 3. The summed E-state index contributed by atoms with van der Waals surface area (Å²) in [6.45, 7) is 1.99. The third kappa shape index (κ3) is 7.44. The van der Waals surface area contributed by atoms with Crippen LogP contribution >= 0.6 is 0 Å². The highest BCUT2D eigenvalue weighted by atomic mass is 16.5. The number of carbonyl (C=O) groups is 3. The highest BCUT2D eigenvalue weighted by Gasteiger charge is 2.08. The second kappa shape index (κ2) is 7.74. The summed E-state index contributed by atoms with van der Waals surface area (Å²) in [5, 5.41) is 9.92. The predicted molar refractivity (Wildman–Crippen MR) is 48.9 cm³/mol. The van der Waals surface area contributed by atoms with E-state index in [1.54, 1.807) is 6.92 Å². The van der Waals surface area contributed by atoms with Crippen LogP contribution in [-0.4, -0.2) is 29.7 Å². The van der Waals surface area contributed by atoms with E-state index in [1.165, 1.54) is 5.48 Å². The minimum Gasteiger partial charge on any atom is -0.466 e. The van der Waals surface area contributed by atoms with Crippen LogP contribution in [0.3, 0.4) is 0 Å². The molecule has 0 spiro atoms. The van der Waals surface area contributed by atoms with Gasteiger partial charge in [0.25, 0.3) is 0 Å². The van der Waals surface area contributed by atoms with E-state index in [4.69, 9.17) is 5.21 Å². The zero-order valence-electron chi connectivity index (χ0n) is 8.41. The van der Waals surface area contributed by atoms with Gasteiger partial charge >= 0.3 is 12.0 Å². The Hall–Kier alpha value is -1.63. The summed E-state index contributed by atoms with van der Waals surface area (Å²) in [4.78, 5) is 32.2. The van der Waals surface area contributed by atoms with Crippen molar-refractivity contribution in [3.63, 3.8) is 0 Å². The number of nitrogens with one attached hydrogen (secondary N) is 2. The van der Waals surface area contributed by atoms with Gasteiger partial charge in [0.1, 0.15) is 0 Å². The van der Waals surface area contributed by atoms with Crippen molar-refractivity contribution >= 4 is 17.9 Å². The molecular weight excluding hydrogens is 204 g/mol. The highest BCUT2D eigenvalue weighted by Crippen LogP contribution is 1.97. The van der Waals surface area contributed by atoms with Crippen LogP contribution in [0.25, 0.3) is 0 Å². The number of urea groups is 1. The minimum absolute atomic E-state index is 0.0201. The molecule has 0 bridgehead atoms. The van der Waals surface area contributed by atoms with Crippen LogP contribution in [0.4, 0.5) is 4.79 Å². The molecule has 0 aliphatic rings. The first kappa shape index (κ1) is 13.4. The lowest BCUT2D eigenvalue weighted by molar-refractivity contribution is -0.143. The molecule has 0 rings (SSSR count). The van der Waals surface area contributed by atoms with Crippen molar-refractivity contribution in [3.05, 3.63) is 0 Å². The van der Waals surface area contributed by atoms with Gasteiger partial charge in [0.15, 0.2) is 0 Å². The average Bonchev–Trinajstić information content (AvgIpc) is 2.18. The Morgan fingerprint density at radius 1 is 1.27 bits per heavy atom. The molecule has 0 aliphatic carbocycles. The summed E-state index contributed by atoms with van der Waals surface area (Å²) in [5.41, 5.74) is 1.25. The van der Waals surface area contributed by atoms with Gasteiger partial charge < -0.3 is 4.74 Å². The standard InChI is InChI=1S/C8H14N2O5/c1-2-15-7(12)5-3-4-6(11)9-8(13)10-14/h14H,2-5H2,1H3,(H2,9,10,11,13). The monoisotopic (exact) mass is 218 g/mol. The molecule has 86 valence electrons. The van der Waals surface area contributed by atoms with Gasteiger partial charge in [0.05, 0.1) is 6.61 Å². The van der Waals surface area contributed by atoms with Crippen molar-refractivity contribution in [2.24, 2.45) is 0 Å². The normalized spacial score (nSPS) is 9.20. The lowest BCUT2D eigenvalue weighted by atomic mass is 10.2. The first-order valence-corrected chi connectivity index (χ1v) is 4.49. The fraction of sp³-hybridized carbons (Fsp3) is 0.625. The highest BCUT2D eigenvalue weighted by molar-refractivity contribution is 5.93. The van der Waals surface area contributed by atoms with Crippen LogP contribution in [-0.2, 0) is 14.3 Å². The van der Waals surface area contributed by atoms with Crippen molar-refractivity contribution in [3.8, 4) is 0 Å². The molecule has 3 amide bonds. The van der Waals surface area contributed by atoms with Crippen LogP contribution in [0, 0.1) is 0 Å². The van der Waals surface area contributed by atoms with E-state index >= 15 is 0 Å². The second-order valence-electron chi connectivity index (χ2n) is 2.65. The zero-order chi connectivity index (χ0) is 11.7. The Labute approximate surface area is 86.7 Å². The smallest absolute Gasteiger partial charge is 0.345 e. The Morgan fingerprint density at radius 2 is 1.93 bits per heavy atom. The van der Waals surface area contributed by atoms with Gasteiger partial charge in [0.2, 0.25) is 5.91 Å². The Kier molecular flexibility index (Phi) is 6.90. The maximum Gasteiger partial charge on any atom is 0.345 e. The molecule has 0 saturated carbocycles. The van der Waals surface area contributed by atoms with Gasteiger partial charge in [0, 0.05) is 12.8 Å². The van der Waals surface area contributed by atoms with E-state index < -0.39 is 11.9 Å². The molecule has 0 radical (unpaired) electrons. The van der Waals surface area contributed by atoms with E-state index in [-0.39, 0.29) is 18.8 Å². The number of ether oxygens (including phenoxy) is 1. The minimum atomic E-state index is -0.990. The predicted octanol–water partition coefficient (Wildman–Crippen LogP) is -0.0652. The maximum absolute atomic E-state index is 10.9. The molecule has 0 aromatic heterocycles. The number of carbonyl (C=O) groups excluding carboxylic acids is 3. The number of hydrogen-bond donors (Lipinski definition) is 3. The summed E-state index contributed by atoms with van der Waals surface area (Å²) < 4.78 is 4.64. The molecule has 7 nitrogen and oxygen atoms in total. The SMILES string of the molecule is CCOC(=O)CCCC(=O)NC(=O)NO. The van der Waals surface area contributed by atoms with Gasteiger partial charge in [-0.2, -0.15) is 0 Å². The zero-order valence-corrected chi connectivity index (χ0v) is 8.41. The van der Waals surface area contributed by atoms with Crippen molar-refractivity contribution in [1.82, 2.24) is 10.8 Å². The quantitative estimate of drug-likeness (QED) is 0.340. The number of esters is 1. The Morgan fingerprint density at radius 3 is 2.47 bits per heavy atom. The average molecular weight is 218 g/mol. The third-order valence-corrected chi connectivity index (χ3v) is 1.44. The van der Waals surface area contributed by atoms with E-state index in [0.717, 1.165) is 0 Å². The number of imide groups is 1. The van der Waals surface area contributed by atoms with Gasteiger partial charge in [-0.05, 0) is 13.3 Å². The largest absolute Gasteiger partial charge is 0.466 e. The molecule has 0 atom stereocenters. The van der Waals surface area contributed by atoms with Gasteiger partial charge in [-0.25, -0.2) is 10.3 Å². The summed E-state index contributed by atoms with van der Waals surface area (Å²) in [5.74, 6) is -0.942. The van der Waals surface area contributed by atoms with Gasteiger partial charge in [-0.1, -0.05) is 0 Å². The van der Waals surface area contributed by atoms with Crippen molar-refractivity contribution in [1.29, 1.82) is 0 Å². The summed E-state index contributed by atoms with van der Waals surface area (Å²) in [7, 11) is 0. The molecule has 7 heteroatoms. The molecule has 0 aliphatic heterocycles. The van der Waals surface area contributed by atoms with Gasteiger partial charge in [-0.15, -0.1) is 0 Å². The van der Waals surface area contributed by atoms with Gasteiger partial charge in [-0.3, -0.25) is 20.1 Å². The second-order valence-corrected chi connectivity index (χ2v) is 2.65. The lowest BCUT2D eigenvalue weighted by Crippen LogP contribution is -2.37. The van der Waals surface area contributed by atoms with E-state index in [0.29, 0.717) is 13.0 Å². The fourth-order valence-electron chi connectivity index (χ4n) is 0.844. The Bertz CT molecular complexity index is 241. The Balaban J connectivity index is 3.55. The number of rotatable bonds is 5. The van der Waals surface area contributed by atoms with E-state index in [9.17, 15) is 14.4 Å². The van der Waals surface area contributed by atoms with Crippen LogP contribution < -0.4 is 10.8 Å². The van der Waals surface area contributed by atoms with Crippen molar-refractivity contribution in [2.75, 3.05) is 6.61 Å². The molecule has 0 heterocycles. The van der Waals surface area contributed by atoms with Crippen LogP contribution in [0.1, 0.15) is 26.2 Å². The molecule has 0 fully saturated rings. The molecular formula is C8H14N2O5. The fourth-order valence-corrected chi connectivity index (χ4v) is 0.844. The first-order chi connectivity index (χ1) is 7.10. The van der Waals surface area contributed by atoms with Crippen LogP contribution in [0.2, 0.25) is 0 Å². The molecule has 0 unspecified atom stereocenters. The maximum atomic E-state index is 10.9. The number of hydroxylamine groups is 1. The lowest BCUT2D eigenvalue weighted by Gasteiger charge is -2.02. The van der Waals surface area contributed by atoms with E-state index in [2.05, 4.69) is 4.74 Å².